The summed E-state index contributed by atoms with van der Waals surface area (Å²) in [6, 6.07) is 4.12. The summed E-state index contributed by atoms with van der Waals surface area (Å²) in [4.78, 5) is 15.0. The molecule has 2 aromatic rings. The standard InChI is InChI=1S/C13H14N6S/c1-8-4-5-20-10(8)6-9(7-14)11-16-12(15)18-13(17-11)19(2)3/h4-6H,1-3H3,(H2,15,16,17,18). The monoisotopic (exact) mass is 286 g/mol. The first kappa shape index (κ1) is 14.0. The summed E-state index contributed by atoms with van der Waals surface area (Å²) >= 11 is 1.56. The van der Waals surface area contributed by atoms with Gasteiger partial charge in [-0.15, -0.1) is 11.3 Å². The summed E-state index contributed by atoms with van der Waals surface area (Å²) in [5.74, 6) is 0.816. The fourth-order valence-corrected chi connectivity index (χ4v) is 2.37. The van der Waals surface area contributed by atoms with Gasteiger partial charge in [0.2, 0.25) is 11.9 Å². The number of nitrogens with zero attached hydrogens (tertiary/aromatic N) is 5. The van der Waals surface area contributed by atoms with Crippen LogP contribution in [0.4, 0.5) is 11.9 Å². The Morgan fingerprint density at radius 3 is 2.70 bits per heavy atom. The lowest BCUT2D eigenvalue weighted by Gasteiger charge is -2.10. The number of aryl methyl sites for hydroxylation is 1. The number of aromatic nitrogens is 3. The molecular weight excluding hydrogens is 272 g/mol. The van der Waals surface area contributed by atoms with Gasteiger partial charge in [0.1, 0.15) is 6.07 Å². The third-order valence-electron chi connectivity index (χ3n) is 2.58. The van der Waals surface area contributed by atoms with Gasteiger partial charge in [-0.2, -0.15) is 20.2 Å². The summed E-state index contributed by atoms with van der Waals surface area (Å²) in [6.07, 6.45) is 1.77. The number of nitrogen functional groups attached to an aromatic ring is 1. The van der Waals surface area contributed by atoms with E-state index in [2.05, 4.69) is 21.0 Å². The first-order valence-corrected chi connectivity index (χ1v) is 6.74. The fraction of sp³-hybridized carbons (Fsp3) is 0.231. The van der Waals surface area contributed by atoms with Crippen molar-refractivity contribution in [3.05, 3.63) is 27.7 Å². The van der Waals surface area contributed by atoms with Crippen molar-refractivity contribution in [2.24, 2.45) is 0 Å². The van der Waals surface area contributed by atoms with Crippen LogP contribution in [0.2, 0.25) is 0 Å². The molecule has 0 saturated heterocycles. The third-order valence-corrected chi connectivity index (χ3v) is 3.55. The molecule has 2 N–H and O–H groups in total. The largest absolute Gasteiger partial charge is 0.368 e. The van der Waals surface area contributed by atoms with E-state index in [4.69, 9.17) is 5.73 Å². The lowest BCUT2D eigenvalue weighted by molar-refractivity contribution is 0.952. The maximum Gasteiger partial charge on any atom is 0.230 e. The van der Waals surface area contributed by atoms with Gasteiger partial charge in [-0.3, -0.25) is 0 Å². The average Bonchev–Trinajstić information content (AvgIpc) is 2.80. The minimum atomic E-state index is 0.0998. The van der Waals surface area contributed by atoms with Crippen molar-refractivity contribution >= 4 is 34.9 Å². The predicted molar refractivity (Wildman–Crippen MR) is 81.1 cm³/mol. The molecule has 0 saturated carbocycles. The van der Waals surface area contributed by atoms with E-state index in [0.717, 1.165) is 10.4 Å². The van der Waals surface area contributed by atoms with E-state index in [-0.39, 0.29) is 11.8 Å². The summed E-state index contributed by atoms with van der Waals surface area (Å²) in [6.45, 7) is 1.99. The average molecular weight is 286 g/mol. The van der Waals surface area contributed by atoms with Gasteiger partial charge in [0, 0.05) is 19.0 Å². The molecule has 0 amide bonds. The van der Waals surface area contributed by atoms with E-state index >= 15 is 0 Å². The van der Waals surface area contributed by atoms with Crippen molar-refractivity contribution in [1.29, 1.82) is 5.26 Å². The van der Waals surface area contributed by atoms with Crippen LogP contribution in [0.1, 0.15) is 16.3 Å². The first-order valence-electron chi connectivity index (χ1n) is 5.86. The molecule has 0 aliphatic carbocycles. The first-order chi connectivity index (χ1) is 9.51. The zero-order valence-corrected chi connectivity index (χ0v) is 12.3. The minimum absolute atomic E-state index is 0.0998. The molecule has 0 unspecified atom stereocenters. The lowest BCUT2D eigenvalue weighted by Crippen LogP contribution is -2.15. The van der Waals surface area contributed by atoms with E-state index in [1.165, 1.54) is 0 Å². The number of anilines is 2. The zero-order valence-electron chi connectivity index (χ0n) is 11.5. The number of hydrogen-bond acceptors (Lipinski definition) is 7. The predicted octanol–water partition coefficient (Wildman–Crippen LogP) is 1.95. The molecule has 0 atom stereocenters. The van der Waals surface area contributed by atoms with E-state index in [0.29, 0.717) is 11.5 Å². The Bertz CT molecular complexity index is 695. The molecule has 0 fully saturated rings. The summed E-state index contributed by atoms with van der Waals surface area (Å²) < 4.78 is 0. The van der Waals surface area contributed by atoms with Crippen molar-refractivity contribution in [2.45, 2.75) is 6.92 Å². The minimum Gasteiger partial charge on any atom is -0.368 e. The molecule has 0 aromatic carbocycles. The number of nitriles is 1. The number of rotatable bonds is 3. The lowest BCUT2D eigenvalue weighted by atomic mass is 10.2. The molecule has 7 heteroatoms. The molecule has 102 valence electrons. The highest BCUT2D eigenvalue weighted by Crippen LogP contribution is 2.22. The second kappa shape index (κ2) is 5.67. The van der Waals surface area contributed by atoms with Crippen LogP contribution in [0.25, 0.3) is 11.6 Å². The second-order valence-electron chi connectivity index (χ2n) is 4.35. The number of thiophene rings is 1. The maximum atomic E-state index is 9.32. The van der Waals surface area contributed by atoms with Crippen molar-refractivity contribution in [1.82, 2.24) is 15.0 Å². The molecule has 0 bridgehead atoms. The van der Waals surface area contributed by atoms with Gasteiger partial charge in [0.15, 0.2) is 5.82 Å². The SMILES string of the molecule is Cc1ccsc1C=C(C#N)c1nc(N)nc(N(C)C)n1. The highest BCUT2D eigenvalue weighted by molar-refractivity contribution is 7.11. The molecule has 0 radical (unpaired) electrons. The van der Waals surface area contributed by atoms with E-state index in [9.17, 15) is 5.26 Å². The van der Waals surface area contributed by atoms with Crippen LogP contribution in [-0.2, 0) is 0 Å². The maximum absolute atomic E-state index is 9.32. The number of nitrogens with two attached hydrogens (primary N) is 1. The summed E-state index contributed by atoms with van der Waals surface area (Å²) in [5, 5.41) is 11.3. The van der Waals surface area contributed by atoms with Gasteiger partial charge >= 0.3 is 0 Å². The van der Waals surface area contributed by atoms with Gasteiger partial charge in [-0.05, 0) is 30.0 Å². The molecule has 0 aliphatic heterocycles. The Morgan fingerprint density at radius 1 is 1.40 bits per heavy atom. The molecule has 2 aromatic heterocycles. The smallest absolute Gasteiger partial charge is 0.230 e. The van der Waals surface area contributed by atoms with Gasteiger partial charge in [-0.25, -0.2) is 0 Å². The number of hydrogen-bond donors (Lipinski definition) is 1. The van der Waals surface area contributed by atoms with Crippen molar-refractivity contribution in [2.75, 3.05) is 24.7 Å². The molecule has 2 heterocycles. The van der Waals surface area contributed by atoms with E-state index in [1.807, 2.05) is 18.4 Å². The van der Waals surface area contributed by atoms with Crippen LogP contribution in [0, 0.1) is 18.3 Å². The Balaban J connectivity index is 2.51. The fourth-order valence-electron chi connectivity index (χ4n) is 1.51. The topological polar surface area (TPSA) is 91.7 Å². The molecule has 0 aliphatic rings. The molecule has 2 rings (SSSR count). The van der Waals surface area contributed by atoms with Crippen molar-refractivity contribution in [3.8, 4) is 6.07 Å². The van der Waals surface area contributed by atoms with Crippen LogP contribution >= 0.6 is 11.3 Å². The molecule has 20 heavy (non-hydrogen) atoms. The second-order valence-corrected chi connectivity index (χ2v) is 5.30. The van der Waals surface area contributed by atoms with E-state index < -0.39 is 0 Å². The van der Waals surface area contributed by atoms with Crippen LogP contribution in [0.5, 0.6) is 0 Å². The zero-order chi connectivity index (χ0) is 14.7. The highest BCUT2D eigenvalue weighted by Gasteiger charge is 2.11. The van der Waals surface area contributed by atoms with E-state index in [1.54, 1.807) is 36.4 Å². The Hall–Kier alpha value is -2.46. The third kappa shape index (κ3) is 2.92. The highest BCUT2D eigenvalue weighted by atomic mass is 32.1. The van der Waals surface area contributed by atoms with Crippen molar-refractivity contribution < 1.29 is 0 Å². The van der Waals surface area contributed by atoms with Gasteiger partial charge in [0.25, 0.3) is 0 Å². The van der Waals surface area contributed by atoms with Crippen LogP contribution in [0.3, 0.4) is 0 Å². The van der Waals surface area contributed by atoms with Crippen LogP contribution < -0.4 is 10.6 Å². The summed E-state index contributed by atoms with van der Waals surface area (Å²) in [5.41, 5.74) is 7.15. The number of allylic oxidation sites excluding steroid dienone is 1. The molecule has 0 spiro atoms. The van der Waals surface area contributed by atoms with Gasteiger partial charge in [0.05, 0.1) is 5.57 Å². The van der Waals surface area contributed by atoms with Gasteiger partial charge < -0.3 is 10.6 Å². The summed E-state index contributed by atoms with van der Waals surface area (Å²) in [7, 11) is 3.61. The Morgan fingerprint density at radius 2 is 2.15 bits per heavy atom. The van der Waals surface area contributed by atoms with Crippen LogP contribution in [0.15, 0.2) is 11.4 Å². The van der Waals surface area contributed by atoms with Crippen molar-refractivity contribution in [3.63, 3.8) is 0 Å². The molecular formula is C13H14N6S. The Labute approximate surface area is 121 Å². The van der Waals surface area contributed by atoms with Crippen LogP contribution in [-0.4, -0.2) is 29.0 Å². The van der Waals surface area contributed by atoms with Gasteiger partial charge in [-0.1, -0.05) is 0 Å². The normalized spacial score (nSPS) is 11.2. The Kier molecular flexibility index (Phi) is 3.96. The quantitative estimate of drug-likeness (QED) is 0.867. The molecule has 6 nitrogen and oxygen atoms in total.